The highest BCUT2D eigenvalue weighted by Gasteiger charge is 2.25. The van der Waals surface area contributed by atoms with Crippen LogP contribution in [0.2, 0.25) is 0 Å². The van der Waals surface area contributed by atoms with Gasteiger partial charge in [0.15, 0.2) is 0 Å². The normalized spacial score (nSPS) is 16.4. The van der Waals surface area contributed by atoms with E-state index in [-0.39, 0.29) is 18.5 Å². The molecule has 8 heteroatoms. The number of amides is 1. The van der Waals surface area contributed by atoms with Gasteiger partial charge in [0.05, 0.1) is 6.54 Å². The molecule has 1 saturated heterocycles. The second kappa shape index (κ2) is 10.5. The van der Waals surface area contributed by atoms with Crippen molar-refractivity contribution in [3.63, 3.8) is 0 Å². The van der Waals surface area contributed by atoms with Crippen LogP contribution in [0.5, 0.6) is 0 Å². The van der Waals surface area contributed by atoms with Gasteiger partial charge in [0.2, 0.25) is 5.91 Å². The molecule has 1 unspecified atom stereocenters. The van der Waals surface area contributed by atoms with Gasteiger partial charge in [0.25, 0.3) is 5.56 Å². The highest BCUT2D eigenvalue weighted by atomic mass is 16.2. The van der Waals surface area contributed by atoms with Crippen molar-refractivity contribution in [2.75, 3.05) is 39.8 Å². The van der Waals surface area contributed by atoms with Crippen molar-refractivity contribution in [2.24, 2.45) is 5.92 Å². The molecule has 1 amide bonds. The Balaban J connectivity index is 1.65. The molecular formula is C23H33N5O3. The van der Waals surface area contributed by atoms with Crippen LogP contribution in [0.3, 0.4) is 0 Å². The Morgan fingerprint density at radius 1 is 1.03 bits per heavy atom. The lowest BCUT2D eigenvalue weighted by atomic mass is 10.0. The van der Waals surface area contributed by atoms with E-state index in [0.29, 0.717) is 19.0 Å². The van der Waals surface area contributed by atoms with Crippen LogP contribution < -0.4 is 16.6 Å². The van der Waals surface area contributed by atoms with Gasteiger partial charge < -0.3 is 10.2 Å². The second-order valence-electron chi connectivity index (χ2n) is 8.59. The number of nitrogens with zero attached hydrogens (tertiary/aromatic N) is 4. The van der Waals surface area contributed by atoms with Crippen molar-refractivity contribution in [1.29, 1.82) is 0 Å². The lowest BCUT2D eigenvalue weighted by Crippen LogP contribution is -2.54. The van der Waals surface area contributed by atoms with E-state index in [0.717, 1.165) is 36.3 Å². The van der Waals surface area contributed by atoms with E-state index >= 15 is 0 Å². The van der Waals surface area contributed by atoms with E-state index in [1.54, 1.807) is 0 Å². The Morgan fingerprint density at radius 3 is 2.35 bits per heavy atom. The molecule has 1 fully saturated rings. The summed E-state index contributed by atoms with van der Waals surface area (Å²) in [5.74, 6) is 0.0580. The van der Waals surface area contributed by atoms with Crippen molar-refractivity contribution >= 4 is 5.91 Å². The Kier molecular flexibility index (Phi) is 7.81. The van der Waals surface area contributed by atoms with Crippen LogP contribution in [0.25, 0.3) is 0 Å². The standard InChI is InChI=1S/C23H33N5O3/c1-18(2)20(26-13-11-25(3)12-14-26)15-24-21(29)17-28-22(30)9-10-27(23(28)31)16-19-7-5-4-6-8-19/h4-10,18,20H,11-17H2,1-3H3,(H,24,29). The average molecular weight is 428 g/mol. The highest BCUT2D eigenvalue weighted by molar-refractivity contribution is 5.75. The monoisotopic (exact) mass is 427 g/mol. The molecular weight excluding hydrogens is 394 g/mol. The van der Waals surface area contributed by atoms with Gasteiger partial charge in [-0.3, -0.25) is 23.6 Å². The van der Waals surface area contributed by atoms with Crippen LogP contribution in [0.1, 0.15) is 19.4 Å². The third-order valence-electron chi connectivity index (χ3n) is 5.92. The second-order valence-corrected chi connectivity index (χ2v) is 8.59. The zero-order valence-corrected chi connectivity index (χ0v) is 18.7. The van der Waals surface area contributed by atoms with Gasteiger partial charge in [0.1, 0.15) is 6.54 Å². The van der Waals surface area contributed by atoms with E-state index < -0.39 is 11.2 Å². The zero-order chi connectivity index (χ0) is 22.4. The Labute approximate surface area is 183 Å². The summed E-state index contributed by atoms with van der Waals surface area (Å²) in [7, 11) is 2.12. The SMILES string of the molecule is CC(C)C(CNC(=O)Cn1c(=O)ccn(Cc2ccccc2)c1=O)N1CCN(C)CC1. The minimum atomic E-state index is -0.481. The molecule has 8 nitrogen and oxygen atoms in total. The van der Waals surface area contributed by atoms with Crippen LogP contribution >= 0.6 is 0 Å². The summed E-state index contributed by atoms with van der Waals surface area (Å²) < 4.78 is 2.45. The summed E-state index contributed by atoms with van der Waals surface area (Å²) in [5, 5.41) is 2.94. The average Bonchev–Trinajstić information content (AvgIpc) is 2.75. The van der Waals surface area contributed by atoms with Crippen molar-refractivity contribution in [3.05, 3.63) is 69.0 Å². The number of hydrogen-bond donors (Lipinski definition) is 1. The van der Waals surface area contributed by atoms with Crippen LogP contribution in [-0.4, -0.2) is 70.7 Å². The number of piperazine rings is 1. The molecule has 2 heterocycles. The van der Waals surface area contributed by atoms with E-state index in [1.807, 2.05) is 30.3 Å². The lowest BCUT2D eigenvalue weighted by Gasteiger charge is -2.39. The summed E-state index contributed by atoms with van der Waals surface area (Å²) in [6.45, 7) is 8.84. The summed E-state index contributed by atoms with van der Waals surface area (Å²) >= 11 is 0. The molecule has 1 aromatic heterocycles. The maximum atomic E-state index is 12.8. The number of aromatic nitrogens is 2. The maximum Gasteiger partial charge on any atom is 0.331 e. The zero-order valence-electron chi connectivity index (χ0n) is 18.7. The van der Waals surface area contributed by atoms with Crippen molar-refractivity contribution in [1.82, 2.24) is 24.3 Å². The first kappa shape index (κ1) is 23.0. The predicted molar refractivity (Wildman–Crippen MR) is 121 cm³/mol. The minimum Gasteiger partial charge on any atom is -0.353 e. The largest absolute Gasteiger partial charge is 0.353 e. The molecule has 1 aliphatic heterocycles. The van der Waals surface area contributed by atoms with Gasteiger partial charge in [-0.05, 0) is 18.5 Å². The summed E-state index contributed by atoms with van der Waals surface area (Å²) in [6.07, 6.45) is 1.48. The van der Waals surface area contributed by atoms with Crippen molar-refractivity contribution < 1.29 is 4.79 Å². The minimum absolute atomic E-state index is 0.222. The summed E-state index contributed by atoms with van der Waals surface area (Å²) in [6, 6.07) is 11.1. The number of likely N-dealkylation sites (N-methyl/N-ethyl adjacent to an activating group) is 1. The topological polar surface area (TPSA) is 79.6 Å². The fourth-order valence-electron chi connectivity index (χ4n) is 3.96. The van der Waals surface area contributed by atoms with Gasteiger partial charge in [-0.15, -0.1) is 0 Å². The first-order valence-corrected chi connectivity index (χ1v) is 10.9. The Bertz CT molecular complexity index is 975. The van der Waals surface area contributed by atoms with Gasteiger partial charge in [-0.25, -0.2) is 4.79 Å². The molecule has 1 aromatic carbocycles. The number of benzene rings is 1. The third kappa shape index (κ3) is 6.15. The van der Waals surface area contributed by atoms with E-state index in [9.17, 15) is 14.4 Å². The number of hydrogen-bond acceptors (Lipinski definition) is 5. The summed E-state index contributed by atoms with van der Waals surface area (Å²) in [5.41, 5.74) is 0.00104. The van der Waals surface area contributed by atoms with E-state index in [2.05, 4.69) is 36.0 Å². The van der Waals surface area contributed by atoms with Gasteiger partial charge >= 0.3 is 5.69 Å². The van der Waals surface area contributed by atoms with Gasteiger partial charge in [-0.1, -0.05) is 44.2 Å². The van der Waals surface area contributed by atoms with Crippen LogP contribution in [0, 0.1) is 5.92 Å². The molecule has 0 saturated carbocycles. The first-order chi connectivity index (χ1) is 14.8. The van der Waals surface area contributed by atoms with Gasteiger partial charge in [0, 0.05) is 51.0 Å². The molecule has 3 rings (SSSR count). The first-order valence-electron chi connectivity index (χ1n) is 10.9. The lowest BCUT2D eigenvalue weighted by molar-refractivity contribution is -0.122. The molecule has 0 radical (unpaired) electrons. The van der Waals surface area contributed by atoms with Crippen LogP contribution in [-0.2, 0) is 17.9 Å². The smallest absolute Gasteiger partial charge is 0.331 e. The van der Waals surface area contributed by atoms with E-state index in [4.69, 9.17) is 0 Å². The molecule has 31 heavy (non-hydrogen) atoms. The Hall–Kier alpha value is -2.71. The molecule has 0 aliphatic carbocycles. The maximum absolute atomic E-state index is 12.8. The number of rotatable bonds is 8. The van der Waals surface area contributed by atoms with Crippen molar-refractivity contribution in [2.45, 2.75) is 33.0 Å². The Morgan fingerprint density at radius 2 is 1.71 bits per heavy atom. The number of nitrogens with one attached hydrogen (secondary N) is 1. The molecule has 2 aromatic rings. The quantitative estimate of drug-likeness (QED) is 0.662. The third-order valence-corrected chi connectivity index (χ3v) is 5.92. The predicted octanol–water partition coefficient (Wildman–Crippen LogP) is 0.447. The number of carbonyl (C=O) groups excluding carboxylic acids is 1. The van der Waals surface area contributed by atoms with Crippen molar-refractivity contribution in [3.8, 4) is 0 Å². The molecule has 0 spiro atoms. The fourth-order valence-corrected chi connectivity index (χ4v) is 3.96. The number of carbonyl (C=O) groups is 1. The summed E-state index contributed by atoms with van der Waals surface area (Å²) in [4.78, 5) is 42.4. The van der Waals surface area contributed by atoms with Crippen LogP contribution in [0.4, 0.5) is 0 Å². The molecule has 1 aliphatic rings. The van der Waals surface area contributed by atoms with Gasteiger partial charge in [-0.2, -0.15) is 0 Å². The molecule has 168 valence electrons. The molecule has 1 N–H and O–H groups in total. The molecule has 0 bridgehead atoms. The highest BCUT2D eigenvalue weighted by Crippen LogP contribution is 2.12. The molecule has 1 atom stereocenters. The van der Waals surface area contributed by atoms with E-state index in [1.165, 1.54) is 16.8 Å². The van der Waals surface area contributed by atoms with Crippen LogP contribution in [0.15, 0.2) is 52.2 Å². The fraction of sp³-hybridized carbons (Fsp3) is 0.522.